The van der Waals surface area contributed by atoms with Gasteiger partial charge in [-0.15, -0.1) is 0 Å². The fraction of sp³-hybridized carbons (Fsp3) is 0.364. The lowest BCUT2D eigenvalue weighted by atomic mass is 10.2. The largest absolute Gasteiger partial charge is 0.383 e. The van der Waals surface area contributed by atoms with Gasteiger partial charge >= 0.3 is 0 Å². The second-order valence-corrected chi connectivity index (χ2v) is 4.97. The molecule has 1 rings (SSSR count). The van der Waals surface area contributed by atoms with E-state index in [1.165, 1.54) is 12.1 Å². The molecule has 3 nitrogen and oxygen atoms in total. The summed E-state index contributed by atoms with van der Waals surface area (Å²) < 4.78 is 19.0. The lowest BCUT2D eigenvalue weighted by molar-refractivity contribution is 0.0904. The number of amides is 1. The van der Waals surface area contributed by atoms with Crippen LogP contribution in [0.1, 0.15) is 10.4 Å². The first-order chi connectivity index (χ1) is 8.08. The number of ether oxygens (including phenoxy) is 1. The van der Waals surface area contributed by atoms with Crippen LogP contribution >= 0.6 is 31.9 Å². The quantitative estimate of drug-likeness (QED) is 0.811. The van der Waals surface area contributed by atoms with Gasteiger partial charge in [-0.2, -0.15) is 0 Å². The molecule has 94 valence electrons. The lowest BCUT2D eigenvalue weighted by Crippen LogP contribution is -2.39. The van der Waals surface area contributed by atoms with Gasteiger partial charge in [0.1, 0.15) is 5.82 Å². The first kappa shape index (κ1) is 14.6. The second-order valence-electron chi connectivity index (χ2n) is 3.40. The fourth-order valence-electron chi connectivity index (χ4n) is 1.26. The smallest absolute Gasteiger partial charge is 0.254 e. The molecule has 0 radical (unpaired) electrons. The Morgan fingerprint density at radius 1 is 1.59 bits per heavy atom. The molecular formula is C11H12Br2FNO2. The average molecular weight is 369 g/mol. The number of carbonyl (C=O) groups excluding carboxylic acids is 1. The van der Waals surface area contributed by atoms with Crippen LogP contribution in [0.3, 0.4) is 0 Å². The number of rotatable bonds is 5. The molecule has 0 spiro atoms. The average Bonchev–Trinajstić information content (AvgIpc) is 2.28. The maximum absolute atomic E-state index is 13.5. The third kappa shape index (κ3) is 4.37. The molecule has 1 aromatic carbocycles. The number of hydrogen-bond donors (Lipinski definition) is 1. The van der Waals surface area contributed by atoms with Gasteiger partial charge in [0.15, 0.2) is 0 Å². The van der Waals surface area contributed by atoms with Crippen molar-refractivity contribution >= 4 is 37.8 Å². The van der Waals surface area contributed by atoms with Crippen molar-refractivity contribution in [3.05, 3.63) is 34.1 Å². The maximum Gasteiger partial charge on any atom is 0.254 e. The molecule has 1 amide bonds. The highest BCUT2D eigenvalue weighted by molar-refractivity contribution is 9.10. The molecule has 6 heteroatoms. The highest BCUT2D eigenvalue weighted by atomic mass is 79.9. The van der Waals surface area contributed by atoms with Crippen LogP contribution in [-0.2, 0) is 4.74 Å². The van der Waals surface area contributed by atoms with Gasteiger partial charge in [-0.3, -0.25) is 4.79 Å². The van der Waals surface area contributed by atoms with Crippen molar-refractivity contribution in [2.75, 3.05) is 19.0 Å². The molecule has 1 atom stereocenters. The zero-order valence-corrected chi connectivity index (χ0v) is 12.3. The lowest BCUT2D eigenvalue weighted by Gasteiger charge is -2.15. The Balaban J connectivity index is 2.75. The van der Waals surface area contributed by atoms with Crippen molar-refractivity contribution in [3.63, 3.8) is 0 Å². The minimum absolute atomic E-state index is 0.0234. The summed E-state index contributed by atoms with van der Waals surface area (Å²) in [5.41, 5.74) is 0.0234. The van der Waals surface area contributed by atoms with E-state index in [1.807, 2.05) is 0 Å². The van der Waals surface area contributed by atoms with E-state index < -0.39 is 11.7 Å². The van der Waals surface area contributed by atoms with E-state index in [0.717, 1.165) is 0 Å². The van der Waals surface area contributed by atoms with Crippen molar-refractivity contribution in [1.29, 1.82) is 0 Å². The van der Waals surface area contributed by atoms with Crippen LogP contribution < -0.4 is 5.32 Å². The number of halogens is 3. The van der Waals surface area contributed by atoms with Crippen molar-refractivity contribution in [1.82, 2.24) is 5.32 Å². The molecule has 0 heterocycles. The summed E-state index contributed by atoms with van der Waals surface area (Å²) in [5.74, 6) is -1.00. The Kier molecular flexibility index (Phi) is 6.08. The van der Waals surface area contributed by atoms with Gasteiger partial charge in [-0.1, -0.05) is 31.9 Å². The van der Waals surface area contributed by atoms with E-state index in [0.29, 0.717) is 16.4 Å². The Morgan fingerprint density at radius 3 is 2.82 bits per heavy atom. The summed E-state index contributed by atoms with van der Waals surface area (Å²) in [4.78, 5) is 11.8. The maximum atomic E-state index is 13.5. The number of nitrogens with one attached hydrogen (secondary N) is 1. The van der Waals surface area contributed by atoms with Crippen LogP contribution in [0.25, 0.3) is 0 Å². The molecular weight excluding hydrogens is 357 g/mol. The van der Waals surface area contributed by atoms with Gasteiger partial charge in [0.25, 0.3) is 5.91 Å². The van der Waals surface area contributed by atoms with Crippen LogP contribution in [0.2, 0.25) is 0 Å². The normalized spacial score (nSPS) is 12.2. The SMILES string of the molecule is COCC(CBr)NC(=O)c1ccc(Br)cc1F. The van der Waals surface area contributed by atoms with Gasteiger partial charge in [0, 0.05) is 16.9 Å². The Morgan fingerprint density at radius 2 is 2.29 bits per heavy atom. The van der Waals surface area contributed by atoms with Crippen LogP contribution in [-0.4, -0.2) is 31.0 Å². The first-order valence-corrected chi connectivity index (χ1v) is 6.80. The Labute approximate surface area is 116 Å². The zero-order valence-electron chi connectivity index (χ0n) is 9.17. The predicted octanol–water partition coefficient (Wildman–Crippen LogP) is 2.73. The van der Waals surface area contributed by atoms with Crippen LogP contribution in [0.4, 0.5) is 4.39 Å². The Bertz CT molecular complexity index is 401. The van der Waals surface area contributed by atoms with Crippen LogP contribution in [0.5, 0.6) is 0 Å². The third-order valence-corrected chi connectivity index (χ3v) is 3.34. The van der Waals surface area contributed by atoms with Gasteiger partial charge in [0.05, 0.1) is 18.2 Å². The monoisotopic (exact) mass is 367 g/mol. The summed E-state index contributed by atoms with van der Waals surface area (Å²) in [6, 6.07) is 4.13. The molecule has 0 saturated carbocycles. The minimum Gasteiger partial charge on any atom is -0.383 e. The molecule has 0 aromatic heterocycles. The van der Waals surface area contributed by atoms with Gasteiger partial charge in [-0.05, 0) is 18.2 Å². The molecule has 17 heavy (non-hydrogen) atoms. The van der Waals surface area contributed by atoms with Crippen molar-refractivity contribution in [2.24, 2.45) is 0 Å². The first-order valence-electron chi connectivity index (χ1n) is 4.89. The van der Waals surface area contributed by atoms with Crippen molar-refractivity contribution < 1.29 is 13.9 Å². The summed E-state index contributed by atoms with van der Waals surface area (Å²) >= 11 is 6.39. The van der Waals surface area contributed by atoms with E-state index in [2.05, 4.69) is 37.2 Å². The molecule has 0 fully saturated rings. The zero-order chi connectivity index (χ0) is 12.8. The van der Waals surface area contributed by atoms with E-state index in [4.69, 9.17) is 4.74 Å². The van der Waals surface area contributed by atoms with Gasteiger partial charge in [-0.25, -0.2) is 4.39 Å². The predicted molar refractivity (Wildman–Crippen MR) is 71.0 cm³/mol. The third-order valence-electron chi connectivity index (χ3n) is 2.07. The number of alkyl halides is 1. The molecule has 0 aliphatic heterocycles. The summed E-state index contributed by atoms with van der Waals surface area (Å²) in [5, 5.41) is 3.22. The van der Waals surface area contributed by atoms with Crippen LogP contribution in [0, 0.1) is 5.82 Å². The van der Waals surface area contributed by atoms with Crippen molar-refractivity contribution in [2.45, 2.75) is 6.04 Å². The van der Waals surface area contributed by atoms with E-state index in [9.17, 15) is 9.18 Å². The standard InChI is InChI=1S/C11H12Br2FNO2/c1-17-6-8(5-12)15-11(16)9-3-2-7(13)4-10(9)14/h2-4,8H,5-6H2,1H3,(H,15,16). The molecule has 0 aliphatic rings. The minimum atomic E-state index is -0.553. The number of carbonyl (C=O) groups is 1. The number of methoxy groups -OCH3 is 1. The summed E-state index contributed by atoms with van der Waals surface area (Å²) in [6.07, 6.45) is 0. The summed E-state index contributed by atoms with van der Waals surface area (Å²) in [7, 11) is 1.54. The number of benzene rings is 1. The molecule has 0 bridgehead atoms. The van der Waals surface area contributed by atoms with E-state index >= 15 is 0 Å². The highest BCUT2D eigenvalue weighted by Gasteiger charge is 2.15. The second kappa shape index (κ2) is 7.08. The fourth-order valence-corrected chi connectivity index (χ4v) is 1.94. The number of hydrogen-bond acceptors (Lipinski definition) is 2. The van der Waals surface area contributed by atoms with E-state index in [-0.39, 0.29) is 11.6 Å². The van der Waals surface area contributed by atoms with Crippen molar-refractivity contribution in [3.8, 4) is 0 Å². The van der Waals surface area contributed by atoms with Crippen LogP contribution in [0.15, 0.2) is 22.7 Å². The molecule has 1 aromatic rings. The van der Waals surface area contributed by atoms with Gasteiger partial charge < -0.3 is 10.1 Å². The molecule has 1 unspecified atom stereocenters. The molecule has 1 N–H and O–H groups in total. The van der Waals surface area contributed by atoms with Gasteiger partial charge in [0.2, 0.25) is 0 Å². The topological polar surface area (TPSA) is 38.3 Å². The summed E-state index contributed by atoms with van der Waals surface area (Å²) in [6.45, 7) is 0.370. The Hall–Kier alpha value is -0.460. The van der Waals surface area contributed by atoms with E-state index in [1.54, 1.807) is 13.2 Å². The highest BCUT2D eigenvalue weighted by Crippen LogP contribution is 2.15. The molecule has 0 saturated heterocycles. The molecule has 0 aliphatic carbocycles.